The molecule has 0 aliphatic rings. The predicted octanol–water partition coefficient (Wildman–Crippen LogP) is 3.53. The van der Waals surface area contributed by atoms with Crippen LogP contribution in [0, 0.1) is 0 Å². The summed E-state index contributed by atoms with van der Waals surface area (Å²) in [6, 6.07) is 21.8. The van der Waals surface area contributed by atoms with Gasteiger partial charge in [-0.05, 0) is 42.5 Å². The van der Waals surface area contributed by atoms with Crippen molar-refractivity contribution in [3.63, 3.8) is 0 Å². The normalized spacial score (nSPS) is 11.4. The average Bonchev–Trinajstić information content (AvgIpc) is 3.10. The van der Waals surface area contributed by atoms with E-state index in [1.165, 1.54) is 24.4 Å². The number of anilines is 1. The monoisotopic (exact) mass is 377 g/mol. The molecule has 4 aromatic rings. The van der Waals surface area contributed by atoms with E-state index in [2.05, 4.69) is 10.3 Å². The van der Waals surface area contributed by atoms with Gasteiger partial charge in [-0.25, -0.2) is 17.4 Å². The molecule has 4 rings (SSSR count). The first-order chi connectivity index (χ1) is 13.1. The molecule has 1 N–H and O–H groups in total. The second-order valence-electron chi connectivity index (χ2n) is 5.85. The van der Waals surface area contributed by atoms with Crippen LogP contribution in [0.1, 0.15) is 10.5 Å². The first-order valence-corrected chi connectivity index (χ1v) is 9.65. The minimum atomic E-state index is -4.00. The van der Waals surface area contributed by atoms with E-state index >= 15 is 0 Å². The Kier molecular flexibility index (Phi) is 4.21. The quantitative estimate of drug-likeness (QED) is 0.590. The van der Waals surface area contributed by atoms with Crippen LogP contribution < -0.4 is 5.32 Å². The van der Waals surface area contributed by atoms with Gasteiger partial charge in [0, 0.05) is 17.3 Å². The van der Waals surface area contributed by atoms with Crippen LogP contribution in [0.25, 0.3) is 11.0 Å². The second kappa shape index (κ2) is 6.69. The zero-order chi connectivity index (χ0) is 18.9. The summed E-state index contributed by atoms with van der Waals surface area (Å²) in [6.45, 7) is 0. The summed E-state index contributed by atoms with van der Waals surface area (Å²) in [7, 11) is -4.00. The van der Waals surface area contributed by atoms with Gasteiger partial charge in [-0.3, -0.25) is 4.79 Å². The number of hydrogen-bond acceptors (Lipinski definition) is 4. The summed E-state index contributed by atoms with van der Waals surface area (Å²) in [5.74, 6) is -0.529. The Morgan fingerprint density at radius 1 is 0.889 bits per heavy atom. The van der Waals surface area contributed by atoms with Gasteiger partial charge in [-0.15, -0.1) is 0 Å². The SMILES string of the molecule is O=C(Nc1ccccc1)c1cc2cccnc2n1S(=O)(=O)c1ccccc1. The number of benzene rings is 2. The lowest BCUT2D eigenvalue weighted by atomic mass is 10.3. The number of fused-ring (bicyclic) bond motifs is 1. The molecule has 2 aromatic heterocycles. The van der Waals surface area contributed by atoms with Crippen LogP contribution in [-0.4, -0.2) is 23.3 Å². The van der Waals surface area contributed by atoms with Crippen molar-refractivity contribution < 1.29 is 13.2 Å². The van der Waals surface area contributed by atoms with Gasteiger partial charge >= 0.3 is 0 Å². The number of pyridine rings is 1. The molecule has 0 bridgehead atoms. The summed E-state index contributed by atoms with van der Waals surface area (Å²) in [5.41, 5.74) is 0.778. The minimum absolute atomic E-state index is 0.00333. The lowest BCUT2D eigenvalue weighted by Crippen LogP contribution is -2.22. The molecule has 0 saturated heterocycles. The van der Waals surface area contributed by atoms with Crippen molar-refractivity contribution >= 4 is 32.7 Å². The highest BCUT2D eigenvalue weighted by atomic mass is 32.2. The molecule has 1 amide bonds. The van der Waals surface area contributed by atoms with E-state index in [1.807, 2.05) is 6.07 Å². The third-order valence-corrected chi connectivity index (χ3v) is 5.78. The molecule has 0 unspecified atom stereocenters. The molecular formula is C20H15N3O3S. The van der Waals surface area contributed by atoms with E-state index in [9.17, 15) is 13.2 Å². The van der Waals surface area contributed by atoms with Gasteiger partial charge in [-0.1, -0.05) is 36.4 Å². The van der Waals surface area contributed by atoms with Crippen LogP contribution >= 0.6 is 0 Å². The van der Waals surface area contributed by atoms with Crippen molar-refractivity contribution in [2.24, 2.45) is 0 Å². The first kappa shape index (κ1) is 17.0. The fraction of sp³-hybridized carbons (Fsp3) is 0. The average molecular weight is 377 g/mol. The second-order valence-corrected chi connectivity index (χ2v) is 7.64. The molecule has 2 heterocycles. The number of nitrogens with one attached hydrogen (secondary N) is 1. The molecule has 0 aliphatic carbocycles. The van der Waals surface area contributed by atoms with Crippen molar-refractivity contribution in [3.05, 3.63) is 90.8 Å². The van der Waals surface area contributed by atoms with Crippen molar-refractivity contribution in [1.82, 2.24) is 8.96 Å². The fourth-order valence-corrected chi connectivity index (χ4v) is 4.31. The smallest absolute Gasteiger partial charge is 0.273 e. The van der Waals surface area contributed by atoms with E-state index in [1.54, 1.807) is 54.6 Å². The Morgan fingerprint density at radius 2 is 1.56 bits per heavy atom. The van der Waals surface area contributed by atoms with Gasteiger partial charge in [0.25, 0.3) is 15.9 Å². The molecule has 0 atom stereocenters. The predicted molar refractivity (Wildman–Crippen MR) is 103 cm³/mol. The largest absolute Gasteiger partial charge is 0.321 e. The van der Waals surface area contributed by atoms with E-state index in [0.29, 0.717) is 11.1 Å². The maximum absolute atomic E-state index is 13.2. The molecule has 27 heavy (non-hydrogen) atoms. The zero-order valence-corrected chi connectivity index (χ0v) is 14.9. The number of carbonyl (C=O) groups is 1. The Bertz CT molecular complexity index is 1220. The topological polar surface area (TPSA) is 81.1 Å². The number of carbonyl (C=O) groups excluding carboxylic acids is 1. The summed E-state index contributed by atoms with van der Waals surface area (Å²) in [6.07, 6.45) is 1.50. The highest BCUT2D eigenvalue weighted by molar-refractivity contribution is 7.90. The maximum Gasteiger partial charge on any atom is 0.273 e. The third kappa shape index (κ3) is 3.09. The number of aromatic nitrogens is 2. The lowest BCUT2D eigenvalue weighted by Gasteiger charge is -2.11. The highest BCUT2D eigenvalue weighted by Crippen LogP contribution is 2.25. The van der Waals surface area contributed by atoms with Crippen molar-refractivity contribution in [3.8, 4) is 0 Å². The molecular weight excluding hydrogens is 362 g/mol. The van der Waals surface area contributed by atoms with E-state index < -0.39 is 15.9 Å². The number of amides is 1. The van der Waals surface area contributed by atoms with Gasteiger partial charge in [0.15, 0.2) is 5.65 Å². The van der Waals surface area contributed by atoms with Crippen molar-refractivity contribution in [2.45, 2.75) is 4.90 Å². The van der Waals surface area contributed by atoms with Crippen molar-refractivity contribution in [2.75, 3.05) is 5.32 Å². The molecule has 6 nitrogen and oxygen atoms in total. The highest BCUT2D eigenvalue weighted by Gasteiger charge is 2.27. The van der Waals surface area contributed by atoms with E-state index in [-0.39, 0.29) is 16.2 Å². The summed E-state index contributed by atoms with van der Waals surface area (Å²) in [4.78, 5) is 17.1. The van der Waals surface area contributed by atoms with Gasteiger partial charge < -0.3 is 5.32 Å². The minimum Gasteiger partial charge on any atom is -0.321 e. The summed E-state index contributed by atoms with van der Waals surface area (Å²) >= 11 is 0. The molecule has 0 spiro atoms. The van der Waals surface area contributed by atoms with Crippen LogP contribution in [0.5, 0.6) is 0 Å². The molecule has 2 aromatic carbocycles. The van der Waals surface area contributed by atoms with Gasteiger partial charge in [0.05, 0.1) is 4.90 Å². The molecule has 0 radical (unpaired) electrons. The number of para-hydroxylation sites is 1. The van der Waals surface area contributed by atoms with Crippen LogP contribution in [-0.2, 0) is 10.0 Å². The number of nitrogens with zero attached hydrogens (tertiary/aromatic N) is 2. The maximum atomic E-state index is 13.2. The summed E-state index contributed by atoms with van der Waals surface area (Å²) < 4.78 is 27.5. The van der Waals surface area contributed by atoms with Crippen LogP contribution in [0.15, 0.2) is 90.0 Å². The molecule has 0 fully saturated rings. The van der Waals surface area contributed by atoms with Crippen molar-refractivity contribution in [1.29, 1.82) is 0 Å². The third-order valence-electron chi connectivity index (χ3n) is 4.07. The first-order valence-electron chi connectivity index (χ1n) is 8.21. The van der Waals surface area contributed by atoms with Crippen LogP contribution in [0.4, 0.5) is 5.69 Å². The van der Waals surface area contributed by atoms with Crippen LogP contribution in [0.3, 0.4) is 0 Å². The Hall–Kier alpha value is -3.45. The van der Waals surface area contributed by atoms with Crippen LogP contribution in [0.2, 0.25) is 0 Å². The molecule has 134 valence electrons. The Labute approximate surface area is 156 Å². The molecule has 0 saturated carbocycles. The number of rotatable bonds is 4. The Balaban J connectivity index is 1.89. The van der Waals surface area contributed by atoms with Gasteiger partial charge in [0.2, 0.25) is 0 Å². The Morgan fingerprint density at radius 3 is 2.26 bits per heavy atom. The lowest BCUT2D eigenvalue weighted by molar-refractivity contribution is 0.102. The summed E-state index contributed by atoms with van der Waals surface area (Å²) in [5, 5.41) is 3.30. The molecule has 7 heteroatoms. The van der Waals surface area contributed by atoms with Gasteiger partial charge in [-0.2, -0.15) is 0 Å². The van der Waals surface area contributed by atoms with Gasteiger partial charge in [0.1, 0.15) is 5.69 Å². The standard InChI is InChI=1S/C20H15N3O3S/c24-20(22-16-9-3-1-4-10-16)18-14-15-8-7-13-21-19(15)23(18)27(25,26)17-11-5-2-6-12-17/h1-14H,(H,22,24). The van der Waals surface area contributed by atoms with E-state index in [0.717, 1.165) is 3.97 Å². The zero-order valence-electron chi connectivity index (χ0n) is 14.1. The molecule has 0 aliphatic heterocycles. The number of hydrogen-bond donors (Lipinski definition) is 1. The van der Waals surface area contributed by atoms with E-state index in [4.69, 9.17) is 0 Å². The fourth-order valence-electron chi connectivity index (χ4n) is 2.83.